The van der Waals surface area contributed by atoms with Crippen LogP contribution in [0.4, 0.5) is 5.69 Å². The molecule has 94 valence electrons. The van der Waals surface area contributed by atoms with E-state index < -0.39 is 5.41 Å². The maximum absolute atomic E-state index is 12.1. The second-order valence-corrected chi connectivity index (χ2v) is 5.61. The van der Waals surface area contributed by atoms with E-state index in [1.54, 1.807) is 0 Å². The Morgan fingerprint density at radius 2 is 2.12 bits per heavy atom. The monoisotopic (exact) mass is 298 g/mol. The highest BCUT2D eigenvalue weighted by atomic mass is 79.9. The van der Waals surface area contributed by atoms with Gasteiger partial charge in [-0.3, -0.25) is 4.79 Å². The molecule has 0 aliphatic heterocycles. The van der Waals surface area contributed by atoms with Crippen molar-refractivity contribution in [3.05, 3.63) is 28.2 Å². The third-order valence-corrected chi connectivity index (χ3v) is 3.88. The number of nitrogens with two attached hydrogens (primary N) is 1. The van der Waals surface area contributed by atoms with Crippen molar-refractivity contribution in [3.63, 3.8) is 0 Å². The van der Waals surface area contributed by atoms with E-state index in [1.165, 1.54) is 0 Å². The van der Waals surface area contributed by atoms with Gasteiger partial charge in [0.05, 0.1) is 5.69 Å². The molecular formula is C13H19BrN2O. The van der Waals surface area contributed by atoms with E-state index in [-0.39, 0.29) is 5.91 Å². The molecule has 0 saturated carbocycles. The zero-order valence-electron chi connectivity index (χ0n) is 10.5. The minimum atomic E-state index is -0.446. The average Bonchev–Trinajstić information content (AvgIpc) is 2.24. The summed E-state index contributed by atoms with van der Waals surface area (Å²) in [6.45, 7) is 6.30. The molecule has 1 aromatic rings. The van der Waals surface area contributed by atoms with Gasteiger partial charge in [0.25, 0.3) is 0 Å². The van der Waals surface area contributed by atoms with Gasteiger partial charge in [0.1, 0.15) is 0 Å². The third kappa shape index (κ3) is 3.54. The lowest BCUT2D eigenvalue weighted by atomic mass is 9.88. The van der Waals surface area contributed by atoms with Crippen molar-refractivity contribution in [1.82, 2.24) is 0 Å². The Morgan fingerprint density at radius 3 is 2.71 bits per heavy atom. The Kier molecular flexibility index (Phi) is 4.71. The second kappa shape index (κ2) is 5.65. The quantitative estimate of drug-likeness (QED) is 0.897. The van der Waals surface area contributed by atoms with Crippen LogP contribution >= 0.6 is 15.9 Å². The molecule has 0 unspecified atom stereocenters. The Morgan fingerprint density at radius 1 is 1.47 bits per heavy atom. The van der Waals surface area contributed by atoms with E-state index in [4.69, 9.17) is 5.73 Å². The van der Waals surface area contributed by atoms with Crippen LogP contribution < -0.4 is 11.1 Å². The molecule has 0 fully saturated rings. The molecular weight excluding hydrogens is 280 g/mol. The molecule has 0 aliphatic rings. The maximum atomic E-state index is 12.1. The summed E-state index contributed by atoms with van der Waals surface area (Å²) in [5, 5.41) is 2.93. The minimum absolute atomic E-state index is 0.00532. The van der Waals surface area contributed by atoms with Crippen molar-refractivity contribution in [2.75, 3.05) is 11.9 Å². The molecule has 1 amide bonds. The summed E-state index contributed by atoms with van der Waals surface area (Å²) in [6.07, 6.45) is 0.669. The molecule has 0 heterocycles. The summed E-state index contributed by atoms with van der Waals surface area (Å²) in [7, 11) is 0. The zero-order valence-corrected chi connectivity index (χ0v) is 12.1. The number of anilines is 1. The lowest BCUT2D eigenvalue weighted by Crippen LogP contribution is -2.32. The van der Waals surface area contributed by atoms with Gasteiger partial charge in [-0.25, -0.2) is 0 Å². The third-order valence-electron chi connectivity index (χ3n) is 2.82. The van der Waals surface area contributed by atoms with E-state index in [0.29, 0.717) is 13.0 Å². The molecule has 0 aliphatic carbocycles. The first kappa shape index (κ1) is 14.2. The number of halogens is 1. The van der Waals surface area contributed by atoms with Gasteiger partial charge in [0, 0.05) is 9.89 Å². The number of amides is 1. The van der Waals surface area contributed by atoms with Crippen LogP contribution in [-0.2, 0) is 4.79 Å². The molecule has 17 heavy (non-hydrogen) atoms. The number of rotatable bonds is 4. The van der Waals surface area contributed by atoms with Crippen LogP contribution in [0.2, 0.25) is 0 Å². The van der Waals surface area contributed by atoms with Crippen molar-refractivity contribution < 1.29 is 4.79 Å². The summed E-state index contributed by atoms with van der Waals surface area (Å²) in [6, 6.07) is 5.80. The normalized spacial score (nSPS) is 11.4. The van der Waals surface area contributed by atoms with Crippen LogP contribution in [-0.4, -0.2) is 12.5 Å². The summed E-state index contributed by atoms with van der Waals surface area (Å²) < 4.78 is 0.928. The first-order chi connectivity index (χ1) is 7.88. The smallest absolute Gasteiger partial charge is 0.230 e. The fourth-order valence-electron chi connectivity index (χ4n) is 1.51. The number of hydrogen-bond acceptors (Lipinski definition) is 2. The van der Waals surface area contributed by atoms with Gasteiger partial charge in [0.2, 0.25) is 5.91 Å². The number of nitrogens with one attached hydrogen (secondary N) is 1. The van der Waals surface area contributed by atoms with E-state index in [0.717, 1.165) is 15.7 Å². The second-order valence-electron chi connectivity index (χ2n) is 4.81. The highest BCUT2D eigenvalue weighted by Gasteiger charge is 2.27. The van der Waals surface area contributed by atoms with Gasteiger partial charge >= 0.3 is 0 Å². The Labute approximate surface area is 111 Å². The number of carbonyl (C=O) groups excluding carboxylic acids is 1. The summed E-state index contributed by atoms with van der Waals surface area (Å²) in [5.74, 6) is -0.00532. The molecule has 1 aromatic carbocycles. The molecule has 0 radical (unpaired) electrons. The van der Waals surface area contributed by atoms with Crippen LogP contribution in [0, 0.1) is 12.3 Å². The molecule has 1 rings (SSSR count). The van der Waals surface area contributed by atoms with Crippen LogP contribution in [0.5, 0.6) is 0 Å². The minimum Gasteiger partial charge on any atom is -0.330 e. The SMILES string of the molecule is Cc1cccc(NC(=O)C(C)(C)CCN)c1Br. The maximum Gasteiger partial charge on any atom is 0.230 e. The van der Waals surface area contributed by atoms with Gasteiger partial charge in [-0.1, -0.05) is 26.0 Å². The molecule has 3 N–H and O–H groups in total. The van der Waals surface area contributed by atoms with E-state index >= 15 is 0 Å². The van der Waals surface area contributed by atoms with Gasteiger partial charge in [-0.05, 0) is 47.4 Å². The molecule has 4 heteroatoms. The van der Waals surface area contributed by atoms with Gasteiger partial charge in [0.15, 0.2) is 0 Å². The number of hydrogen-bond donors (Lipinski definition) is 2. The van der Waals surface area contributed by atoms with Crippen LogP contribution in [0.3, 0.4) is 0 Å². The topological polar surface area (TPSA) is 55.1 Å². The van der Waals surface area contributed by atoms with Gasteiger partial charge in [-0.15, -0.1) is 0 Å². The van der Waals surface area contributed by atoms with Gasteiger partial charge < -0.3 is 11.1 Å². The van der Waals surface area contributed by atoms with Crippen molar-refractivity contribution in [2.45, 2.75) is 27.2 Å². The van der Waals surface area contributed by atoms with Crippen molar-refractivity contribution in [3.8, 4) is 0 Å². The summed E-state index contributed by atoms with van der Waals surface area (Å²) in [5.41, 5.74) is 6.97. The largest absolute Gasteiger partial charge is 0.330 e. The average molecular weight is 299 g/mol. The van der Waals surface area contributed by atoms with Crippen LogP contribution in [0.25, 0.3) is 0 Å². The predicted molar refractivity (Wildman–Crippen MR) is 75.0 cm³/mol. The molecule has 0 bridgehead atoms. The van der Waals surface area contributed by atoms with E-state index in [9.17, 15) is 4.79 Å². The Hall–Kier alpha value is -0.870. The highest BCUT2D eigenvalue weighted by Crippen LogP contribution is 2.28. The number of carbonyl (C=O) groups is 1. The fourth-order valence-corrected chi connectivity index (χ4v) is 1.87. The van der Waals surface area contributed by atoms with Crippen molar-refractivity contribution >= 4 is 27.5 Å². The summed E-state index contributed by atoms with van der Waals surface area (Å²) in [4.78, 5) is 12.1. The lowest BCUT2D eigenvalue weighted by Gasteiger charge is -2.23. The molecule has 3 nitrogen and oxygen atoms in total. The van der Waals surface area contributed by atoms with Gasteiger partial charge in [-0.2, -0.15) is 0 Å². The Balaban J connectivity index is 2.85. The van der Waals surface area contributed by atoms with Crippen LogP contribution in [0.15, 0.2) is 22.7 Å². The molecule has 0 spiro atoms. The summed E-state index contributed by atoms with van der Waals surface area (Å²) >= 11 is 3.47. The first-order valence-electron chi connectivity index (χ1n) is 5.65. The van der Waals surface area contributed by atoms with Crippen LogP contribution in [0.1, 0.15) is 25.8 Å². The van der Waals surface area contributed by atoms with Crippen molar-refractivity contribution in [1.29, 1.82) is 0 Å². The predicted octanol–water partition coefficient (Wildman–Crippen LogP) is 3.07. The number of benzene rings is 1. The molecule has 0 saturated heterocycles. The molecule has 0 aromatic heterocycles. The van der Waals surface area contributed by atoms with Crippen molar-refractivity contribution in [2.24, 2.45) is 11.1 Å². The highest BCUT2D eigenvalue weighted by molar-refractivity contribution is 9.10. The Bertz CT molecular complexity index is 416. The standard InChI is InChI=1S/C13H19BrN2O/c1-9-5-4-6-10(11(9)14)16-12(17)13(2,3)7-8-15/h4-6H,7-8,15H2,1-3H3,(H,16,17). The lowest BCUT2D eigenvalue weighted by molar-refractivity contribution is -0.124. The fraction of sp³-hybridized carbons (Fsp3) is 0.462. The zero-order chi connectivity index (χ0) is 13.1. The number of aryl methyl sites for hydroxylation is 1. The van der Waals surface area contributed by atoms with E-state index in [2.05, 4.69) is 21.2 Å². The van der Waals surface area contributed by atoms with E-state index in [1.807, 2.05) is 39.0 Å². The first-order valence-corrected chi connectivity index (χ1v) is 6.44. The molecule has 0 atom stereocenters.